The van der Waals surface area contributed by atoms with Crippen molar-refractivity contribution >= 4 is 34.3 Å². The lowest BCUT2D eigenvalue weighted by Crippen LogP contribution is -2.14. The predicted molar refractivity (Wildman–Crippen MR) is 95.0 cm³/mol. The van der Waals surface area contributed by atoms with Crippen LogP contribution in [0, 0.1) is 13.8 Å². The second-order valence-electron chi connectivity index (χ2n) is 5.82. The van der Waals surface area contributed by atoms with Crippen molar-refractivity contribution in [3.63, 3.8) is 0 Å². The molecule has 0 bridgehead atoms. The van der Waals surface area contributed by atoms with Gasteiger partial charge in [-0.1, -0.05) is 29.4 Å². The van der Waals surface area contributed by atoms with Crippen molar-refractivity contribution in [2.24, 2.45) is 0 Å². The van der Waals surface area contributed by atoms with Crippen molar-refractivity contribution in [1.82, 2.24) is 4.98 Å². The zero-order valence-corrected chi connectivity index (χ0v) is 14.9. The lowest BCUT2D eigenvalue weighted by molar-refractivity contribution is -0.121. The van der Waals surface area contributed by atoms with Crippen LogP contribution >= 0.6 is 23.4 Å². The number of ether oxygens (including phenoxy) is 1. The summed E-state index contributed by atoms with van der Waals surface area (Å²) in [5.74, 6) is 1.01. The topological polar surface area (TPSA) is 56.3 Å². The van der Waals surface area contributed by atoms with Gasteiger partial charge in [0.25, 0.3) is 0 Å². The third-order valence-electron chi connectivity index (χ3n) is 3.83. The quantitative estimate of drug-likeness (QED) is 0.760. The van der Waals surface area contributed by atoms with Crippen molar-refractivity contribution in [3.05, 3.63) is 52.2 Å². The number of aryl methyl sites for hydroxylation is 2. The molecule has 0 amide bonds. The van der Waals surface area contributed by atoms with Crippen molar-refractivity contribution in [2.45, 2.75) is 31.9 Å². The van der Waals surface area contributed by atoms with E-state index in [0.717, 1.165) is 28.5 Å². The molecule has 1 unspecified atom stereocenters. The van der Waals surface area contributed by atoms with Gasteiger partial charge in [0, 0.05) is 6.20 Å². The summed E-state index contributed by atoms with van der Waals surface area (Å²) in [7, 11) is 0. The number of rotatable bonds is 4. The van der Waals surface area contributed by atoms with E-state index in [1.54, 1.807) is 12.3 Å². The molecule has 6 heteroatoms. The molecule has 124 valence electrons. The van der Waals surface area contributed by atoms with Crippen LogP contribution in [-0.4, -0.2) is 21.1 Å². The minimum absolute atomic E-state index is 0.0142. The third kappa shape index (κ3) is 3.79. The maximum absolute atomic E-state index is 11.8. The molecule has 0 saturated carbocycles. The second kappa shape index (κ2) is 6.95. The second-order valence-corrected chi connectivity index (χ2v) is 7.48. The molecule has 24 heavy (non-hydrogen) atoms. The van der Waals surface area contributed by atoms with Gasteiger partial charge in [0.1, 0.15) is 10.8 Å². The average molecular weight is 362 g/mol. The largest absolute Gasteiger partial charge is 0.438 e. The molecule has 4 nitrogen and oxygen atoms in total. The van der Waals surface area contributed by atoms with Crippen LogP contribution in [0.5, 0.6) is 11.6 Å². The lowest BCUT2D eigenvalue weighted by atomic mass is 10.0. The van der Waals surface area contributed by atoms with E-state index in [1.807, 2.05) is 32.0 Å². The minimum atomic E-state index is -0.267. The molecule has 3 rings (SSSR count). The van der Waals surface area contributed by atoms with Crippen LogP contribution in [0.2, 0.25) is 5.02 Å². The fourth-order valence-electron chi connectivity index (χ4n) is 2.55. The smallest absolute Gasteiger partial charge is 0.238 e. The zero-order valence-electron chi connectivity index (χ0n) is 13.3. The normalized spacial score (nSPS) is 17.4. The highest BCUT2D eigenvalue weighted by atomic mass is 35.5. The minimum Gasteiger partial charge on any atom is -0.438 e. The molecule has 2 aromatic rings. The molecule has 1 aliphatic heterocycles. The van der Waals surface area contributed by atoms with Gasteiger partial charge in [-0.25, -0.2) is 4.98 Å². The van der Waals surface area contributed by atoms with Crippen molar-refractivity contribution in [1.29, 1.82) is 0 Å². The first-order valence-corrected chi connectivity index (χ1v) is 8.80. The van der Waals surface area contributed by atoms with Gasteiger partial charge in [0.15, 0.2) is 10.9 Å². The summed E-state index contributed by atoms with van der Waals surface area (Å²) in [5, 5.41) is 0.155. The molecule has 0 spiro atoms. The molecule has 1 aromatic heterocycles. The van der Waals surface area contributed by atoms with Gasteiger partial charge < -0.3 is 4.74 Å². The molecule has 0 radical (unpaired) electrons. The highest BCUT2D eigenvalue weighted by Crippen LogP contribution is 2.31. The molecule has 1 aromatic carbocycles. The molecule has 2 heterocycles. The van der Waals surface area contributed by atoms with Crippen molar-refractivity contribution in [3.8, 4) is 11.6 Å². The number of halogens is 1. The fraction of sp³-hybridized carbons (Fsp3) is 0.278. The Labute approximate surface area is 149 Å². The number of aromatic nitrogens is 1. The number of carbonyl (C=O) groups is 2. The third-order valence-corrected chi connectivity index (χ3v) is 5.22. The number of pyridine rings is 1. The maximum atomic E-state index is 11.8. The van der Waals surface area contributed by atoms with E-state index in [4.69, 9.17) is 16.3 Å². The number of carbonyl (C=O) groups excluding carboxylic acids is 2. The Morgan fingerprint density at radius 3 is 2.71 bits per heavy atom. The highest BCUT2D eigenvalue weighted by Gasteiger charge is 2.32. The number of thioether (sulfide) groups is 1. The average Bonchev–Trinajstić information content (AvgIpc) is 2.82. The van der Waals surface area contributed by atoms with Crippen molar-refractivity contribution in [2.75, 3.05) is 0 Å². The highest BCUT2D eigenvalue weighted by molar-refractivity contribution is 8.15. The summed E-state index contributed by atoms with van der Waals surface area (Å²) >= 11 is 7.27. The van der Waals surface area contributed by atoms with Crippen LogP contribution in [0.25, 0.3) is 0 Å². The van der Waals surface area contributed by atoms with E-state index < -0.39 is 0 Å². The van der Waals surface area contributed by atoms with E-state index in [1.165, 1.54) is 0 Å². The first-order chi connectivity index (χ1) is 11.4. The Kier molecular flexibility index (Phi) is 4.92. The summed E-state index contributed by atoms with van der Waals surface area (Å²) in [6.45, 7) is 3.87. The molecule has 0 aliphatic carbocycles. The molecule has 1 aliphatic rings. The Bertz CT molecular complexity index is 822. The fourth-order valence-corrected chi connectivity index (χ4v) is 3.83. The first kappa shape index (κ1) is 17.0. The molecule has 1 fully saturated rings. The monoisotopic (exact) mass is 361 g/mol. The summed E-state index contributed by atoms with van der Waals surface area (Å²) in [6.07, 6.45) is 2.31. The SMILES string of the molecule is Cc1cnc(Oc2ccc(CC3SC(=O)CC3=O)c(C)c2)c(Cl)c1. The number of nitrogens with zero attached hydrogens (tertiary/aromatic N) is 1. The van der Waals surface area contributed by atoms with Gasteiger partial charge in [-0.2, -0.15) is 0 Å². The van der Waals surface area contributed by atoms with E-state index in [-0.39, 0.29) is 22.6 Å². The van der Waals surface area contributed by atoms with Gasteiger partial charge in [-0.15, -0.1) is 0 Å². The molecular weight excluding hydrogens is 346 g/mol. The number of hydrogen-bond acceptors (Lipinski definition) is 5. The molecule has 1 atom stereocenters. The Morgan fingerprint density at radius 1 is 1.29 bits per heavy atom. The van der Waals surface area contributed by atoms with Crippen molar-refractivity contribution < 1.29 is 14.3 Å². The number of benzene rings is 1. The van der Waals surface area contributed by atoms with Gasteiger partial charge in [0.05, 0.1) is 11.7 Å². The van der Waals surface area contributed by atoms with E-state index >= 15 is 0 Å². The summed E-state index contributed by atoms with van der Waals surface area (Å²) < 4.78 is 5.74. The van der Waals surface area contributed by atoms with E-state index in [2.05, 4.69) is 4.98 Å². The molecule has 1 saturated heterocycles. The Morgan fingerprint density at radius 2 is 2.08 bits per heavy atom. The standard InChI is InChI=1S/C18H16ClNO3S/c1-10-5-14(19)18(20-9-10)23-13-4-3-12(11(2)6-13)7-16-15(21)8-17(22)24-16/h3-6,9,16H,7-8H2,1-2H3. The summed E-state index contributed by atoms with van der Waals surface area (Å²) in [4.78, 5) is 27.3. The maximum Gasteiger partial charge on any atom is 0.238 e. The molecule has 0 N–H and O–H groups in total. The first-order valence-electron chi connectivity index (χ1n) is 7.54. The summed E-state index contributed by atoms with van der Waals surface area (Å²) in [6, 6.07) is 7.43. The van der Waals surface area contributed by atoms with E-state index in [0.29, 0.717) is 23.1 Å². The van der Waals surface area contributed by atoms with Crippen LogP contribution in [-0.2, 0) is 16.0 Å². The number of hydrogen-bond donors (Lipinski definition) is 0. The number of Topliss-reactive ketones (excluding diaryl/α,β-unsaturated/α-hetero) is 1. The zero-order chi connectivity index (χ0) is 17.3. The van der Waals surface area contributed by atoms with Crippen LogP contribution in [0.3, 0.4) is 0 Å². The van der Waals surface area contributed by atoms with Crippen LogP contribution in [0.1, 0.15) is 23.1 Å². The van der Waals surface area contributed by atoms with Gasteiger partial charge >= 0.3 is 0 Å². The van der Waals surface area contributed by atoms with Gasteiger partial charge in [0.2, 0.25) is 5.88 Å². The molecular formula is C18H16ClNO3S. The van der Waals surface area contributed by atoms with Crippen LogP contribution in [0.4, 0.5) is 0 Å². The Hall–Kier alpha value is -1.85. The summed E-state index contributed by atoms with van der Waals surface area (Å²) in [5.41, 5.74) is 3.00. The van der Waals surface area contributed by atoms with Gasteiger partial charge in [-0.05, 0) is 55.2 Å². The van der Waals surface area contributed by atoms with Gasteiger partial charge in [-0.3, -0.25) is 9.59 Å². The van der Waals surface area contributed by atoms with Crippen LogP contribution in [0.15, 0.2) is 30.5 Å². The van der Waals surface area contributed by atoms with E-state index in [9.17, 15) is 9.59 Å². The van der Waals surface area contributed by atoms with Crippen LogP contribution < -0.4 is 4.74 Å². The number of ketones is 1. The predicted octanol–water partition coefficient (Wildman–Crippen LogP) is 4.29. The lowest BCUT2D eigenvalue weighted by Gasteiger charge is -2.12. The Balaban J connectivity index is 1.75.